The summed E-state index contributed by atoms with van der Waals surface area (Å²) in [6.07, 6.45) is 0.689. The first-order valence-electron chi connectivity index (χ1n) is 6.66. The van der Waals surface area contributed by atoms with Crippen molar-refractivity contribution in [1.29, 1.82) is 0 Å². The topological polar surface area (TPSA) is 47.9 Å². The standard InChI is InChI=1S/C15H24O4/c1-5-13-6-7-14(15(8-13)17-4)19-12(3)10-18-11(2)9-16/h6-8,11-12,16H,5,9-10H2,1-4H3. The van der Waals surface area contributed by atoms with Gasteiger partial charge in [0, 0.05) is 0 Å². The van der Waals surface area contributed by atoms with Crippen molar-refractivity contribution in [3.05, 3.63) is 23.8 Å². The van der Waals surface area contributed by atoms with E-state index >= 15 is 0 Å². The van der Waals surface area contributed by atoms with Crippen molar-refractivity contribution in [1.82, 2.24) is 0 Å². The fraction of sp³-hybridized carbons (Fsp3) is 0.600. The Bertz CT molecular complexity index is 378. The largest absolute Gasteiger partial charge is 0.493 e. The highest BCUT2D eigenvalue weighted by molar-refractivity contribution is 5.43. The Morgan fingerprint density at radius 3 is 2.47 bits per heavy atom. The van der Waals surface area contributed by atoms with E-state index in [1.54, 1.807) is 7.11 Å². The van der Waals surface area contributed by atoms with Crippen LogP contribution in [0.4, 0.5) is 0 Å². The van der Waals surface area contributed by atoms with E-state index < -0.39 is 0 Å². The van der Waals surface area contributed by atoms with Crippen LogP contribution in [0.5, 0.6) is 11.5 Å². The van der Waals surface area contributed by atoms with Gasteiger partial charge >= 0.3 is 0 Å². The molecule has 0 radical (unpaired) electrons. The summed E-state index contributed by atoms with van der Waals surface area (Å²) in [5.74, 6) is 1.45. The van der Waals surface area contributed by atoms with Crippen molar-refractivity contribution in [2.45, 2.75) is 39.4 Å². The van der Waals surface area contributed by atoms with Gasteiger partial charge in [0.25, 0.3) is 0 Å². The molecule has 108 valence electrons. The fourth-order valence-corrected chi connectivity index (χ4v) is 1.63. The first-order valence-corrected chi connectivity index (χ1v) is 6.66. The minimum absolute atomic E-state index is 0.0151. The third-order valence-electron chi connectivity index (χ3n) is 2.84. The number of aliphatic hydroxyl groups excluding tert-OH is 1. The number of hydrogen-bond acceptors (Lipinski definition) is 4. The predicted octanol–water partition coefficient (Wildman–Crippen LogP) is 2.42. The average molecular weight is 268 g/mol. The lowest BCUT2D eigenvalue weighted by atomic mass is 10.1. The summed E-state index contributed by atoms with van der Waals surface area (Å²) in [6.45, 7) is 6.30. The Morgan fingerprint density at radius 2 is 1.89 bits per heavy atom. The summed E-state index contributed by atoms with van der Waals surface area (Å²) in [6, 6.07) is 5.94. The van der Waals surface area contributed by atoms with Crippen LogP contribution in [0.2, 0.25) is 0 Å². The second-order valence-electron chi connectivity index (χ2n) is 4.59. The zero-order valence-electron chi connectivity index (χ0n) is 12.2. The quantitative estimate of drug-likeness (QED) is 0.786. The van der Waals surface area contributed by atoms with Gasteiger partial charge in [-0.05, 0) is 38.0 Å². The number of benzene rings is 1. The fourth-order valence-electron chi connectivity index (χ4n) is 1.63. The molecule has 4 nitrogen and oxygen atoms in total. The molecule has 2 unspecified atom stereocenters. The number of aliphatic hydroxyl groups is 1. The molecule has 1 aromatic rings. The number of methoxy groups -OCH3 is 1. The molecule has 0 heterocycles. The Kier molecular flexibility index (Phi) is 6.67. The van der Waals surface area contributed by atoms with Crippen LogP contribution in [-0.4, -0.2) is 37.6 Å². The molecular formula is C15H24O4. The van der Waals surface area contributed by atoms with Crippen molar-refractivity contribution in [3.8, 4) is 11.5 Å². The van der Waals surface area contributed by atoms with E-state index in [0.29, 0.717) is 12.4 Å². The van der Waals surface area contributed by atoms with Crippen LogP contribution in [0.25, 0.3) is 0 Å². The maximum atomic E-state index is 8.89. The molecule has 0 bridgehead atoms. The van der Waals surface area contributed by atoms with E-state index in [1.807, 2.05) is 32.0 Å². The van der Waals surface area contributed by atoms with Crippen LogP contribution >= 0.6 is 0 Å². The summed E-state index contributed by atoms with van der Waals surface area (Å²) < 4.78 is 16.6. The number of rotatable bonds is 8. The molecule has 19 heavy (non-hydrogen) atoms. The van der Waals surface area contributed by atoms with Crippen LogP contribution < -0.4 is 9.47 Å². The van der Waals surface area contributed by atoms with Gasteiger partial charge in [0.05, 0.1) is 26.4 Å². The summed E-state index contributed by atoms with van der Waals surface area (Å²) in [7, 11) is 1.64. The third kappa shape index (κ3) is 5.09. The molecule has 0 aliphatic heterocycles. The molecule has 0 aliphatic rings. The lowest BCUT2D eigenvalue weighted by molar-refractivity contribution is -0.0114. The monoisotopic (exact) mass is 268 g/mol. The normalized spacial score (nSPS) is 13.9. The summed E-state index contributed by atoms with van der Waals surface area (Å²) in [5.41, 5.74) is 1.21. The molecule has 0 amide bonds. The SMILES string of the molecule is CCc1ccc(OC(C)COC(C)CO)c(OC)c1. The van der Waals surface area contributed by atoms with Gasteiger partial charge in [0.15, 0.2) is 11.5 Å². The molecule has 0 fully saturated rings. The molecule has 2 atom stereocenters. The maximum absolute atomic E-state index is 8.89. The first-order chi connectivity index (χ1) is 9.10. The highest BCUT2D eigenvalue weighted by Gasteiger charge is 2.11. The van der Waals surface area contributed by atoms with Gasteiger partial charge in [-0.1, -0.05) is 13.0 Å². The highest BCUT2D eigenvalue weighted by atomic mass is 16.6. The number of hydrogen-bond donors (Lipinski definition) is 1. The Labute approximate surface area is 115 Å². The predicted molar refractivity (Wildman–Crippen MR) is 75.0 cm³/mol. The molecule has 1 aromatic carbocycles. The van der Waals surface area contributed by atoms with Gasteiger partial charge < -0.3 is 19.3 Å². The van der Waals surface area contributed by atoms with E-state index in [0.717, 1.165) is 12.2 Å². The molecule has 0 aliphatic carbocycles. The van der Waals surface area contributed by atoms with Crippen molar-refractivity contribution >= 4 is 0 Å². The maximum Gasteiger partial charge on any atom is 0.161 e. The van der Waals surface area contributed by atoms with E-state index in [1.165, 1.54) is 5.56 Å². The second kappa shape index (κ2) is 8.02. The smallest absolute Gasteiger partial charge is 0.161 e. The van der Waals surface area contributed by atoms with E-state index in [4.69, 9.17) is 19.3 Å². The van der Waals surface area contributed by atoms with Crippen LogP contribution in [0.15, 0.2) is 18.2 Å². The van der Waals surface area contributed by atoms with Gasteiger partial charge in [-0.3, -0.25) is 0 Å². The van der Waals surface area contributed by atoms with Gasteiger partial charge in [0.2, 0.25) is 0 Å². The molecule has 0 saturated heterocycles. The van der Waals surface area contributed by atoms with Gasteiger partial charge in [-0.2, -0.15) is 0 Å². The van der Waals surface area contributed by atoms with E-state index in [9.17, 15) is 0 Å². The zero-order valence-corrected chi connectivity index (χ0v) is 12.2. The molecular weight excluding hydrogens is 244 g/mol. The van der Waals surface area contributed by atoms with Gasteiger partial charge in [-0.25, -0.2) is 0 Å². The van der Waals surface area contributed by atoms with Crippen LogP contribution in [-0.2, 0) is 11.2 Å². The Hall–Kier alpha value is -1.26. The molecule has 0 aromatic heterocycles. The Balaban J connectivity index is 2.60. The van der Waals surface area contributed by atoms with E-state index in [2.05, 4.69) is 6.92 Å². The summed E-state index contributed by atoms with van der Waals surface area (Å²) >= 11 is 0. The lowest BCUT2D eigenvalue weighted by Crippen LogP contribution is -2.24. The van der Waals surface area contributed by atoms with E-state index in [-0.39, 0.29) is 18.8 Å². The van der Waals surface area contributed by atoms with Crippen molar-refractivity contribution in [3.63, 3.8) is 0 Å². The zero-order chi connectivity index (χ0) is 14.3. The molecule has 4 heteroatoms. The van der Waals surface area contributed by atoms with Crippen molar-refractivity contribution in [2.75, 3.05) is 20.3 Å². The second-order valence-corrected chi connectivity index (χ2v) is 4.59. The van der Waals surface area contributed by atoms with Crippen LogP contribution in [0, 0.1) is 0 Å². The van der Waals surface area contributed by atoms with Crippen molar-refractivity contribution < 1.29 is 19.3 Å². The summed E-state index contributed by atoms with van der Waals surface area (Å²) in [4.78, 5) is 0. The average Bonchev–Trinajstić information content (AvgIpc) is 2.45. The van der Waals surface area contributed by atoms with Gasteiger partial charge in [0.1, 0.15) is 6.10 Å². The molecule has 0 saturated carbocycles. The number of ether oxygens (including phenoxy) is 3. The lowest BCUT2D eigenvalue weighted by Gasteiger charge is -2.19. The molecule has 1 rings (SSSR count). The third-order valence-corrected chi connectivity index (χ3v) is 2.84. The molecule has 1 N–H and O–H groups in total. The molecule has 0 spiro atoms. The minimum Gasteiger partial charge on any atom is -0.493 e. The van der Waals surface area contributed by atoms with Crippen LogP contribution in [0.1, 0.15) is 26.3 Å². The Morgan fingerprint density at radius 1 is 1.16 bits per heavy atom. The summed E-state index contributed by atoms with van der Waals surface area (Å²) in [5, 5.41) is 8.89. The number of aryl methyl sites for hydroxylation is 1. The van der Waals surface area contributed by atoms with Crippen molar-refractivity contribution in [2.24, 2.45) is 0 Å². The van der Waals surface area contributed by atoms with Gasteiger partial charge in [-0.15, -0.1) is 0 Å². The van der Waals surface area contributed by atoms with Crippen LogP contribution in [0.3, 0.4) is 0 Å². The highest BCUT2D eigenvalue weighted by Crippen LogP contribution is 2.29. The minimum atomic E-state index is -0.171. The first kappa shape index (κ1) is 15.8.